The average molecular weight is 236 g/mol. The molecule has 96 valence electrons. The van der Waals surface area contributed by atoms with Crippen LogP contribution >= 0.6 is 0 Å². The van der Waals surface area contributed by atoms with E-state index in [1.54, 1.807) is 0 Å². The molecule has 0 aliphatic carbocycles. The van der Waals surface area contributed by atoms with E-state index in [0.29, 0.717) is 5.92 Å². The smallest absolute Gasteiger partial charge is 0.153 e. The van der Waals surface area contributed by atoms with Gasteiger partial charge in [-0.2, -0.15) is 5.10 Å². The molecule has 1 saturated heterocycles. The molecule has 0 spiro atoms. The summed E-state index contributed by atoms with van der Waals surface area (Å²) in [6.45, 7) is 8.73. The van der Waals surface area contributed by atoms with Crippen LogP contribution in [-0.2, 0) is 12.5 Å². The molecule has 1 fully saturated rings. The van der Waals surface area contributed by atoms with Crippen molar-refractivity contribution in [3.8, 4) is 0 Å². The lowest BCUT2D eigenvalue weighted by molar-refractivity contribution is 0.279. The Morgan fingerprint density at radius 3 is 2.71 bits per heavy atom. The molecule has 0 aromatic carbocycles. The van der Waals surface area contributed by atoms with Gasteiger partial charge in [-0.15, -0.1) is 0 Å². The van der Waals surface area contributed by atoms with E-state index in [2.05, 4.69) is 31.2 Å². The van der Waals surface area contributed by atoms with Crippen LogP contribution in [0.1, 0.15) is 57.6 Å². The quantitative estimate of drug-likeness (QED) is 0.872. The number of nitrogens with one attached hydrogen (secondary N) is 1. The molecular weight excluding hydrogens is 212 g/mol. The molecule has 4 nitrogen and oxygen atoms in total. The Balaban J connectivity index is 2.36. The van der Waals surface area contributed by atoms with Gasteiger partial charge in [-0.25, -0.2) is 4.98 Å². The lowest BCUT2D eigenvalue weighted by Gasteiger charge is -2.35. The van der Waals surface area contributed by atoms with E-state index in [9.17, 15) is 0 Å². The molecule has 1 aromatic rings. The Bertz CT molecular complexity index is 375. The Morgan fingerprint density at radius 2 is 2.24 bits per heavy atom. The van der Waals surface area contributed by atoms with Crippen molar-refractivity contribution in [3.63, 3.8) is 0 Å². The van der Waals surface area contributed by atoms with Gasteiger partial charge in [0.05, 0.1) is 0 Å². The summed E-state index contributed by atoms with van der Waals surface area (Å²) in [5, 5.41) is 8.07. The highest BCUT2D eigenvalue weighted by Gasteiger charge is 2.36. The molecule has 4 heteroatoms. The Morgan fingerprint density at radius 1 is 1.47 bits per heavy atom. The lowest BCUT2D eigenvalue weighted by Crippen LogP contribution is -2.44. The predicted octanol–water partition coefficient (Wildman–Crippen LogP) is 1.97. The summed E-state index contributed by atoms with van der Waals surface area (Å²) in [5.41, 5.74) is 0.188. The molecule has 0 saturated carbocycles. The second-order valence-corrected chi connectivity index (χ2v) is 5.49. The van der Waals surface area contributed by atoms with Crippen molar-refractivity contribution in [1.82, 2.24) is 20.1 Å². The van der Waals surface area contributed by atoms with Gasteiger partial charge in [0.1, 0.15) is 5.82 Å². The monoisotopic (exact) mass is 236 g/mol. The van der Waals surface area contributed by atoms with Crippen molar-refractivity contribution in [2.45, 2.75) is 51.4 Å². The van der Waals surface area contributed by atoms with Gasteiger partial charge in [0, 0.05) is 24.9 Å². The molecular formula is C13H24N4. The van der Waals surface area contributed by atoms with E-state index >= 15 is 0 Å². The minimum absolute atomic E-state index is 0.188. The molecule has 2 heterocycles. The number of rotatable bonds is 3. The van der Waals surface area contributed by atoms with Crippen molar-refractivity contribution in [3.05, 3.63) is 11.6 Å². The minimum Gasteiger partial charge on any atom is -0.316 e. The molecule has 17 heavy (non-hydrogen) atoms. The molecule has 0 radical (unpaired) electrons. The SMILES string of the molecule is CCC1(c2nc(C(C)C)nn2C)CCCNC1. The summed E-state index contributed by atoms with van der Waals surface area (Å²) in [5.74, 6) is 2.54. The second-order valence-electron chi connectivity index (χ2n) is 5.49. The third-order valence-corrected chi connectivity index (χ3v) is 3.92. The zero-order valence-electron chi connectivity index (χ0n) is 11.5. The molecule has 1 aromatic heterocycles. The van der Waals surface area contributed by atoms with Crippen LogP contribution in [0.2, 0.25) is 0 Å². The summed E-state index contributed by atoms with van der Waals surface area (Å²) >= 11 is 0. The fraction of sp³-hybridized carbons (Fsp3) is 0.846. The predicted molar refractivity (Wildman–Crippen MR) is 69.2 cm³/mol. The first-order valence-corrected chi connectivity index (χ1v) is 6.71. The van der Waals surface area contributed by atoms with E-state index in [0.717, 1.165) is 31.2 Å². The van der Waals surface area contributed by atoms with Gasteiger partial charge >= 0.3 is 0 Å². The van der Waals surface area contributed by atoms with Crippen molar-refractivity contribution in [2.24, 2.45) is 7.05 Å². The second kappa shape index (κ2) is 4.77. The molecule has 1 N–H and O–H groups in total. The van der Waals surface area contributed by atoms with Crippen molar-refractivity contribution in [1.29, 1.82) is 0 Å². The van der Waals surface area contributed by atoms with Crippen molar-refractivity contribution >= 4 is 0 Å². The Kier molecular flexibility index (Phi) is 3.52. The van der Waals surface area contributed by atoms with Gasteiger partial charge in [0.15, 0.2) is 5.82 Å². The fourth-order valence-corrected chi connectivity index (χ4v) is 2.73. The van der Waals surface area contributed by atoms with Crippen molar-refractivity contribution < 1.29 is 0 Å². The topological polar surface area (TPSA) is 42.7 Å². The van der Waals surface area contributed by atoms with Gasteiger partial charge < -0.3 is 5.32 Å². The number of aromatic nitrogens is 3. The summed E-state index contributed by atoms with van der Waals surface area (Å²) < 4.78 is 1.99. The first kappa shape index (κ1) is 12.6. The first-order valence-electron chi connectivity index (χ1n) is 6.71. The number of nitrogens with zero attached hydrogens (tertiary/aromatic N) is 3. The highest BCUT2D eigenvalue weighted by Crippen LogP contribution is 2.33. The van der Waals surface area contributed by atoms with E-state index in [1.807, 2.05) is 11.7 Å². The van der Waals surface area contributed by atoms with E-state index in [-0.39, 0.29) is 5.41 Å². The van der Waals surface area contributed by atoms with Crippen molar-refractivity contribution in [2.75, 3.05) is 13.1 Å². The first-order chi connectivity index (χ1) is 8.09. The van der Waals surface area contributed by atoms with E-state index in [4.69, 9.17) is 4.98 Å². The zero-order valence-corrected chi connectivity index (χ0v) is 11.5. The Labute approximate surface area is 104 Å². The summed E-state index contributed by atoms with van der Waals surface area (Å²) in [6, 6.07) is 0. The van der Waals surface area contributed by atoms with Gasteiger partial charge in [-0.1, -0.05) is 20.8 Å². The third kappa shape index (κ3) is 2.23. The number of piperidine rings is 1. The molecule has 1 aliphatic rings. The van der Waals surface area contributed by atoms with Crippen LogP contribution in [0.4, 0.5) is 0 Å². The number of hydrogen-bond acceptors (Lipinski definition) is 3. The standard InChI is InChI=1S/C13H24N4/c1-5-13(7-6-8-14-9-13)12-15-11(10(2)3)16-17(12)4/h10,14H,5-9H2,1-4H3. The van der Waals surface area contributed by atoms with Crippen LogP contribution in [0.5, 0.6) is 0 Å². The van der Waals surface area contributed by atoms with Crippen LogP contribution in [0.15, 0.2) is 0 Å². The zero-order chi connectivity index (χ0) is 12.5. The molecule has 0 amide bonds. The maximum Gasteiger partial charge on any atom is 0.153 e. The molecule has 0 bridgehead atoms. The number of hydrogen-bond donors (Lipinski definition) is 1. The van der Waals surface area contributed by atoms with Crippen LogP contribution in [0, 0.1) is 0 Å². The van der Waals surface area contributed by atoms with Gasteiger partial charge in [-0.05, 0) is 25.8 Å². The number of aryl methyl sites for hydroxylation is 1. The van der Waals surface area contributed by atoms with Gasteiger partial charge in [0.25, 0.3) is 0 Å². The molecule has 1 atom stereocenters. The van der Waals surface area contributed by atoms with Crippen LogP contribution in [0.25, 0.3) is 0 Å². The van der Waals surface area contributed by atoms with E-state index in [1.165, 1.54) is 12.8 Å². The minimum atomic E-state index is 0.188. The van der Waals surface area contributed by atoms with Crippen LogP contribution in [0.3, 0.4) is 0 Å². The molecule has 2 rings (SSSR count). The highest BCUT2D eigenvalue weighted by atomic mass is 15.3. The van der Waals surface area contributed by atoms with Crippen LogP contribution < -0.4 is 5.32 Å². The average Bonchev–Trinajstić information content (AvgIpc) is 2.73. The lowest BCUT2D eigenvalue weighted by atomic mass is 9.77. The third-order valence-electron chi connectivity index (χ3n) is 3.92. The van der Waals surface area contributed by atoms with E-state index < -0.39 is 0 Å². The highest BCUT2D eigenvalue weighted by molar-refractivity contribution is 5.13. The van der Waals surface area contributed by atoms with Crippen LogP contribution in [-0.4, -0.2) is 27.9 Å². The summed E-state index contributed by atoms with van der Waals surface area (Å²) in [6.07, 6.45) is 3.59. The molecule has 1 aliphatic heterocycles. The summed E-state index contributed by atoms with van der Waals surface area (Å²) in [7, 11) is 2.03. The fourth-order valence-electron chi connectivity index (χ4n) is 2.73. The summed E-state index contributed by atoms with van der Waals surface area (Å²) in [4.78, 5) is 4.79. The van der Waals surface area contributed by atoms with Gasteiger partial charge in [-0.3, -0.25) is 4.68 Å². The maximum atomic E-state index is 4.79. The Hall–Kier alpha value is -0.900. The maximum absolute atomic E-state index is 4.79. The van der Waals surface area contributed by atoms with Gasteiger partial charge in [0.2, 0.25) is 0 Å². The molecule has 1 unspecified atom stereocenters. The largest absolute Gasteiger partial charge is 0.316 e. The normalized spacial score (nSPS) is 25.5.